The molecule has 1 unspecified atom stereocenters. The maximum absolute atomic E-state index is 3.71. The first-order valence-corrected chi connectivity index (χ1v) is 14.3. The number of allylic oxidation sites excluding steroid dienone is 4. The van der Waals surface area contributed by atoms with Gasteiger partial charge in [-0.1, -0.05) is 129 Å². The molecule has 0 spiro atoms. The Morgan fingerprint density at radius 3 is 2.00 bits per heavy atom. The van der Waals surface area contributed by atoms with Crippen LogP contribution in [0.25, 0.3) is 60.9 Å². The first-order valence-electron chi connectivity index (χ1n) is 12.6. The second-order valence-electron chi connectivity index (χ2n) is 9.46. The van der Waals surface area contributed by atoms with E-state index in [4.69, 9.17) is 0 Å². The zero-order valence-electron chi connectivity index (χ0n) is 20.8. The standard InChI is InChI=1S/C35H26Br2/c1-3-23(16-15-22(2)36)33-30(24-9-5-4-6-10-24)21-31(25-17-19-27(37)20-18-25)34-28-13-7-11-26-12-8-14-29(32(26)28)35(33)34/h3-22H,1-2H3/b16-15-,23-3+. The predicted molar refractivity (Wildman–Crippen MR) is 168 cm³/mol. The molecule has 1 atom stereocenters. The van der Waals surface area contributed by atoms with Crippen molar-refractivity contribution in [2.75, 3.05) is 0 Å². The quantitative estimate of drug-likeness (QED) is 0.135. The minimum absolute atomic E-state index is 0.290. The van der Waals surface area contributed by atoms with Crippen LogP contribution in [0.15, 0.2) is 120 Å². The van der Waals surface area contributed by atoms with Crippen molar-refractivity contribution in [3.05, 3.63) is 125 Å². The van der Waals surface area contributed by atoms with Crippen molar-refractivity contribution in [1.29, 1.82) is 0 Å². The lowest BCUT2D eigenvalue weighted by molar-refractivity contribution is 1.27. The Kier molecular flexibility index (Phi) is 6.48. The van der Waals surface area contributed by atoms with Crippen molar-refractivity contribution >= 4 is 48.2 Å². The van der Waals surface area contributed by atoms with Crippen LogP contribution in [-0.4, -0.2) is 4.83 Å². The summed E-state index contributed by atoms with van der Waals surface area (Å²) >= 11 is 7.34. The molecule has 180 valence electrons. The van der Waals surface area contributed by atoms with Crippen LogP contribution in [0.5, 0.6) is 0 Å². The lowest BCUT2D eigenvalue weighted by atomic mass is 9.82. The zero-order chi connectivity index (χ0) is 25.5. The third-order valence-corrected chi connectivity index (χ3v) is 7.99. The molecule has 0 saturated carbocycles. The molecule has 0 amide bonds. The monoisotopic (exact) mass is 604 g/mol. The molecular formula is C35H26Br2. The Labute approximate surface area is 235 Å². The summed E-state index contributed by atoms with van der Waals surface area (Å²) in [5.74, 6) is 0. The van der Waals surface area contributed by atoms with Crippen LogP contribution in [0.3, 0.4) is 0 Å². The van der Waals surface area contributed by atoms with Crippen LogP contribution in [0.2, 0.25) is 0 Å². The first-order chi connectivity index (χ1) is 18.1. The molecule has 0 saturated heterocycles. The van der Waals surface area contributed by atoms with Gasteiger partial charge in [0.05, 0.1) is 0 Å². The summed E-state index contributed by atoms with van der Waals surface area (Å²) in [6.07, 6.45) is 6.74. The molecule has 0 fully saturated rings. The first kappa shape index (κ1) is 24.2. The van der Waals surface area contributed by atoms with E-state index in [0.717, 1.165) is 4.47 Å². The molecule has 0 aliphatic heterocycles. The van der Waals surface area contributed by atoms with Gasteiger partial charge in [-0.05, 0) is 98.5 Å². The number of benzene rings is 5. The third-order valence-electron chi connectivity index (χ3n) is 7.15. The lowest BCUT2D eigenvalue weighted by Crippen LogP contribution is -1.97. The van der Waals surface area contributed by atoms with Crippen LogP contribution in [0.1, 0.15) is 19.4 Å². The molecule has 6 rings (SSSR count). The molecule has 0 heterocycles. The van der Waals surface area contributed by atoms with Crippen molar-refractivity contribution in [3.8, 4) is 44.5 Å². The molecule has 0 radical (unpaired) electrons. The summed E-state index contributed by atoms with van der Waals surface area (Å²) in [6, 6.07) is 35.4. The van der Waals surface area contributed by atoms with Crippen LogP contribution in [-0.2, 0) is 0 Å². The molecular weight excluding hydrogens is 580 g/mol. The van der Waals surface area contributed by atoms with E-state index in [1.807, 2.05) is 0 Å². The molecule has 1 aliphatic rings. The average Bonchev–Trinajstić information content (AvgIpc) is 3.26. The van der Waals surface area contributed by atoms with E-state index in [2.05, 4.69) is 161 Å². The Balaban J connectivity index is 1.80. The van der Waals surface area contributed by atoms with Crippen LogP contribution in [0.4, 0.5) is 0 Å². The largest absolute Gasteiger partial charge is 0.0848 e. The fraction of sp³-hybridized carbons (Fsp3) is 0.0857. The highest BCUT2D eigenvalue weighted by Crippen LogP contribution is 2.56. The topological polar surface area (TPSA) is 0 Å². The summed E-state index contributed by atoms with van der Waals surface area (Å²) in [5, 5.41) is 2.63. The van der Waals surface area contributed by atoms with Gasteiger partial charge in [-0.3, -0.25) is 0 Å². The normalized spacial score (nSPS) is 13.4. The van der Waals surface area contributed by atoms with Gasteiger partial charge in [-0.2, -0.15) is 0 Å². The maximum Gasteiger partial charge on any atom is 0.0300 e. The Morgan fingerprint density at radius 1 is 0.703 bits per heavy atom. The van der Waals surface area contributed by atoms with Gasteiger partial charge in [0.2, 0.25) is 0 Å². The highest BCUT2D eigenvalue weighted by Gasteiger charge is 2.30. The Hall–Kier alpha value is -3.20. The van der Waals surface area contributed by atoms with Crippen molar-refractivity contribution in [2.45, 2.75) is 18.7 Å². The van der Waals surface area contributed by atoms with Crippen LogP contribution < -0.4 is 0 Å². The molecule has 2 heteroatoms. The molecule has 37 heavy (non-hydrogen) atoms. The van der Waals surface area contributed by atoms with Gasteiger partial charge in [-0.15, -0.1) is 0 Å². The number of alkyl halides is 1. The molecule has 5 aromatic carbocycles. The van der Waals surface area contributed by atoms with Gasteiger partial charge >= 0.3 is 0 Å². The highest BCUT2D eigenvalue weighted by molar-refractivity contribution is 9.10. The van der Waals surface area contributed by atoms with E-state index < -0.39 is 0 Å². The van der Waals surface area contributed by atoms with Crippen molar-refractivity contribution in [1.82, 2.24) is 0 Å². The SMILES string of the molecule is C/C=C(\C=C/C(C)Br)c1c(-c2ccccc2)cc(-c2ccc(Br)cc2)c2c1-c1cccc3cccc-2c13. The number of halogens is 2. The second kappa shape index (κ2) is 9.93. The third kappa shape index (κ3) is 4.23. The number of rotatable bonds is 5. The minimum atomic E-state index is 0.290. The van der Waals surface area contributed by atoms with E-state index in [0.29, 0.717) is 4.83 Å². The fourth-order valence-electron chi connectivity index (χ4n) is 5.55. The molecule has 0 bridgehead atoms. The average molecular weight is 606 g/mol. The Bertz CT molecular complexity index is 1680. The van der Waals surface area contributed by atoms with E-state index >= 15 is 0 Å². The van der Waals surface area contributed by atoms with Crippen molar-refractivity contribution < 1.29 is 0 Å². The second-order valence-corrected chi connectivity index (χ2v) is 11.8. The van der Waals surface area contributed by atoms with Gasteiger partial charge < -0.3 is 0 Å². The molecule has 5 aromatic rings. The number of fused-ring (bicyclic) bond motifs is 3. The lowest BCUT2D eigenvalue weighted by Gasteiger charge is -2.21. The van der Waals surface area contributed by atoms with E-state index in [-0.39, 0.29) is 0 Å². The van der Waals surface area contributed by atoms with E-state index in [1.54, 1.807) is 0 Å². The highest BCUT2D eigenvalue weighted by atomic mass is 79.9. The maximum atomic E-state index is 3.71. The van der Waals surface area contributed by atoms with Crippen molar-refractivity contribution in [3.63, 3.8) is 0 Å². The predicted octanol–water partition coefficient (Wildman–Crippen LogP) is 11.3. The molecule has 0 N–H and O–H groups in total. The van der Waals surface area contributed by atoms with Gasteiger partial charge in [0.25, 0.3) is 0 Å². The van der Waals surface area contributed by atoms with Gasteiger partial charge in [0, 0.05) is 9.30 Å². The smallest absolute Gasteiger partial charge is 0.0300 e. The molecule has 1 aliphatic carbocycles. The van der Waals surface area contributed by atoms with E-state index in [1.165, 1.54) is 66.4 Å². The van der Waals surface area contributed by atoms with Crippen molar-refractivity contribution in [2.24, 2.45) is 0 Å². The summed E-state index contributed by atoms with van der Waals surface area (Å²) in [5.41, 5.74) is 12.8. The van der Waals surface area contributed by atoms with E-state index in [9.17, 15) is 0 Å². The van der Waals surface area contributed by atoms with Gasteiger partial charge in [0.1, 0.15) is 0 Å². The summed E-state index contributed by atoms with van der Waals surface area (Å²) in [7, 11) is 0. The van der Waals surface area contributed by atoms with Gasteiger partial charge in [0.15, 0.2) is 0 Å². The van der Waals surface area contributed by atoms with Crippen LogP contribution >= 0.6 is 31.9 Å². The zero-order valence-corrected chi connectivity index (χ0v) is 24.0. The molecule has 0 aromatic heterocycles. The summed E-state index contributed by atoms with van der Waals surface area (Å²) < 4.78 is 1.09. The summed E-state index contributed by atoms with van der Waals surface area (Å²) in [4.78, 5) is 0.290. The fourth-order valence-corrected chi connectivity index (χ4v) is 5.97. The Morgan fingerprint density at radius 2 is 1.35 bits per heavy atom. The number of hydrogen-bond acceptors (Lipinski definition) is 0. The van der Waals surface area contributed by atoms with Gasteiger partial charge in [-0.25, -0.2) is 0 Å². The summed E-state index contributed by atoms with van der Waals surface area (Å²) in [6.45, 7) is 4.30. The van der Waals surface area contributed by atoms with Crippen LogP contribution in [0, 0.1) is 0 Å². The minimum Gasteiger partial charge on any atom is -0.0848 e. The molecule has 0 nitrogen and oxygen atoms in total. The number of hydrogen-bond donors (Lipinski definition) is 0.